The van der Waals surface area contributed by atoms with Gasteiger partial charge in [0, 0.05) is 51.7 Å². The van der Waals surface area contributed by atoms with E-state index in [2.05, 4.69) is 36.1 Å². The van der Waals surface area contributed by atoms with Crippen LogP contribution in [0.5, 0.6) is 0 Å². The fourth-order valence-corrected chi connectivity index (χ4v) is 5.01. The first-order valence-electron chi connectivity index (χ1n) is 10.5. The molecule has 0 radical (unpaired) electrons. The SMILES string of the molecule is Cc1ccc(CN2CCC(N3CCN(C(=O)c4cccs4)CC3)CCC2=O)cc1. The van der Waals surface area contributed by atoms with E-state index in [1.165, 1.54) is 22.5 Å². The summed E-state index contributed by atoms with van der Waals surface area (Å²) in [6, 6.07) is 12.7. The number of amides is 2. The van der Waals surface area contributed by atoms with Gasteiger partial charge in [0.1, 0.15) is 0 Å². The maximum atomic E-state index is 12.6. The molecule has 1 aromatic heterocycles. The highest BCUT2D eigenvalue weighted by atomic mass is 32.1. The van der Waals surface area contributed by atoms with Crippen LogP contribution in [0.25, 0.3) is 0 Å². The molecule has 0 bridgehead atoms. The second-order valence-electron chi connectivity index (χ2n) is 8.09. The van der Waals surface area contributed by atoms with Crippen LogP contribution >= 0.6 is 11.3 Å². The lowest BCUT2D eigenvalue weighted by Crippen LogP contribution is -2.52. The molecule has 5 nitrogen and oxygen atoms in total. The Morgan fingerprint density at radius 3 is 2.48 bits per heavy atom. The van der Waals surface area contributed by atoms with Gasteiger partial charge in [-0.2, -0.15) is 0 Å². The standard InChI is InChI=1S/C23H29N3O2S/c1-18-4-6-19(7-5-18)17-26-11-10-20(8-9-22(26)27)24-12-14-25(15-13-24)23(28)21-3-2-16-29-21/h2-7,16,20H,8-15,17H2,1H3. The second-order valence-corrected chi connectivity index (χ2v) is 9.04. The average molecular weight is 412 g/mol. The Balaban J connectivity index is 1.30. The molecule has 1 atom stereocenters. The van der Waals surface area contributed by atoms with Crippen molar-refractivity contribution in [1.29, 1.82) is 0 Å². The number of nitrogens with zero attached hydrogens (tertiary/aromatic N) is 3. The molecule has 154 valence electrons. The lowest BCUT2D eigenvalue weighted by Gasteiger charge is -2.39. The molecule has 29 heavy (non-hydrogen) atoms. The molecule has 0 spiro atoms. The minimum atomic E-state index is 0.153. The van der Waals surface area contributed by atoms with Gasteiger partial charge in [-0.3, -0.25) is 14.5 Å². The highest BCUT2D eigenvalue weighted by molar-refractivity contribution is 7.12. The summed E-state index contributed by atoms with van der Waals surface area (Å²) in [6.07, 6.45) is 2.55. The van der Waals surface area contributed by atoms with Gasteiger partial charge in [0.25, 0.3) is 5.91 Å². The molecule has 4 rings (SSSR count). The van der Waals surface area contributed by atoms with E-state index in [0.29, 0.717) is 19.0 Å². The van der Waals surface area contributed by atoms with Gasteiger partial charge in [-0.1, -0.05) is 35.9 Å². The van der Waals surface area contributed by atoms with Crippen LogP contribution in [0, 0.1) is 6.92 Å². The van der Waals surface area contributed by atoms with Crippen molar-refractivity contribution in [2.45, 2.75) is 38.8 Å². The molecule has 0 aliphatic carbocycles. The summed E-state index contributed by atoms with van der Waals surface area (Å²) in [7, 11) is 0. The Kier molecular flexibility index (Phi) is 6.31. The highest BCUT2D eigenvalue weighted by Gasteiger charge is 2.30. The number of piperazine rings is 1. The van der Waals surface area contributed by atoms with Crippen molar-refractivity contribution in [3.8, 4) is 0 Å². The molecule has 3 heterocycles. The molecule has 2 fully saturated rings. The number of hydrogen-bond donors (Lipinski definition) is 0. The number of carbonyl (C=O) groups is 2. The number of thiophene rings is 1. The molecule has 0 saturated carbocycles. The molecule has 0 N–H and O–H groups in total. The third-order valence-corrected chi connectivity index (χ3v) is 6.98. The molecule has 2 saturated heterocycles. The summed E-state index contributed by atoms with van der Waals surface area (Å²) >= 11 is 1.51. The third-order valence-electron chi connectivity index (χ3n) is 6.12. The minimum Gasteiger partial charge on any atom is -0.338 e. The van der Waals surface area contributed by atoms with Crippen LogP contribution in [0.1, 0.15) is 40.1 Å². The van der Waals surface area contributed by atoms with Crippen molar-refractivity contribution in [2.24, 2.45) is 0 Å². The van der Waals surface area contributed by atoms with E-state index < -0.39 is 0 Å². The van der Waals surface area contributed by atoms with Crippen LogP contribution in [0.3, 0.4) is 0 Å². The smallest absolute Gasteiger partial charge is 0.264 e. The quantitative estimate of drug-likeness (QED) is 0.775. The largest absolute Gasteiger partial charge is 0.338 e. The number of hydrogen-bond acceptors (Lipinski definition) is 4. The van der Waals surface area contributed by atoms with E-state index >= 15 is 0 Å². The Morgan fingerprint density at radius 2 is 1.79 bits per heavy atom. The van der Waals surface area contributed by atoms with Crippen molar-refractivity contribution in [2.75, 3.05) is 32.7 Å². The average Bonchev–Trinajstić information content (AvgIpc) is 3.22. The van der Waals surface area contributed by atoms with E-state index in [1.807, 2.05) is 27.3 Å². The number of likely N-dealkylation sites (tertiary alicyclic amines) is 1. The minimum absolute atomic E-state index is 0.153. The summed E-state index contributed by atoms with van der Waals surface area (Å²) in [5, 5.41) is 1.95. The first kappa shape index (κ1) is 20.1. The molecule has 1 unspecified atom stereocenters. The van der Waals surface area contributed by atoms with Gasteiger partial charge >= 0.3 is 0 Å². The van der Waals surface area contributed by atoms with Crippen molar-refractivity contribution in [3.63, 3.8) is 0 Å². The fourth-order valence-electron chi connectivity index (χ4n) is 4.31. The number of carbonyl (C=O) groups excluding carboxylic acids is 2. The molecular formula is C23H29N3O2S. The summed E-state index contributed by atoms with van der Waals surface area (Å²) in [4.78, 5) is 32.5. The number of aryl methyl sites for hydroxylation is 1. The maximum absolute atomic E-state index is 12.6. The summed E-state index contributed by atoms with van der Waals surface area (Å²) < 4.78 is 0. The van der Waals surface area contributed by atoms with Gasteiger partial charge in [0.15, 0.2) is 0 Å². The number of rotatable bonds is 4. The second kappa shape index (κ2) is 9.09. The lowest BCUT2D eigenvalue weighted by atomic mass is 10.1. The van der Waals surface area contributed by atoms with Crippen LogP contribution in [-0.4, -0.2) is 65.3 Å². The van der Waals surface area contributed by atoms with Gasteiger partial charge < -0.3 is 9.80 Å². The highest BCUT2D eigenvalue weighted by Crippen LogP contribution is 2.22. The molecule has 6 heteroatoms. The van der Waals surface area contributed by atoms with Gasteiger partial charge in [-0.05, 0) is 36.8 Å². The van der Waals surface area contributed by atoms with E-state index in [-0.39, 0.29) is 11.8 Å². The molecular weight excluding hydrogens is 382 g/mol. The molecule has 2 amide bonds. The molecule has 1 aromatic carbocycles. The van der Waals surface area contributed by atoms with Gasteiger partial charge in [-0.15, -0.1) is 11.3 Å². The van der Waals surface area contributed by atoms with E-state index in [9.17, 15) is 9.59 Å². The van der Waals surface area contributed by atoms with Crippen LogP contribution in [0.2, 0.25) is 0 Å². The first-order chi connectivity index (χ1) is 14.1. The lowest BCUT2D eigenvalue weighted by molar-refractivity contribution is -0.131. The Labute approximate surface area is 176 Å². The van der Waals surface area contributed by atoms with Gasteiger partial charge in [0.05, 0.1) is 4.88 Å². The van der Waals surface area contributed by atoms with E-state index in [1.54, 1.807) is 0 Å². The predicted molar refractivity (Wildman–Crippen MR) is 116 cm³/mol. The van der Waals surface area contributed by atoms with Crippen LogP contribution in [0.15, 0.2) is 41.8 Å². The van der Waals surface area contributed by atoms with Crippen molar-refractivity contribution in [1.82, 2.24) is 14.7 Å². The normalized spacial score (nSPS) is 21.3. The summed E-state index contributed by atoms with van der Waals surface area (Å²) in [5.41, 5.74) is 2.44. The van der Waals surface area contributed by atoms with E-state index in [0.717, 1.165) is 50.4 Å². The van der Waals surface area contributed by atoms with Gasteiger partial charge in [-0.25, -0.2) is 0 Å². The van der Waals surface area contributed by atoms with Crippen molar-refractivity contribution < 1.29 is 9.59 Å². The predicted octanol–water partition coefficient (Wildman–Crippen LogP) is 3.40. The van der Waals surface area contributed by atoms with E-state index in [4.69, 9.17) is 0 Å². The fraction of sp³-hybridized carbons (Fsp3) is 0.478. The molecule has 2 aliphatic rings. The zero-order chi connectivity index (χ0) is 20.2. The Bertz CT molecular complexity index is 826. The monoisotopic (exact) mass is 411 g/mol. The molecule has 2 aromatic rings. The Hall–Kier alpha value is -2.18. The Morgan fingerprint density at radius 1 is 1.03 bits per heavy atom. The topological polar surface area (TPSA) is 43.9 Å². The third kappa shape index (κ3) is 4.87. The summed E-state index contributed by atoms with van der Waals surface area (Å²) in [6.45, 7) is 6.93. The number of benzene rings is 1. The zero-order valence-corrected chi connectivity index (χ0v) is 17.9. The van der Waals surface area contributed by atoms with Crippen LogP contribution in [0.4, 0.5) is 0 Å². The van der Waals surface area contributed by atoms with Crippen LogP contribution < -0.4 is 0 Å². The molecule has 2 aliphatic heterocycles. The van der Waals surface area contributed by atoms with Crippen LogP contribution in [-0.2, 0) is 11.3 Å². The first-order valence-corrected chi connectivity index (χ1v) is 11.4. The maximum Gasteiger partial charge on any atom is 0.264 e. The van der Waals surface area contributed by atoms with Crippen molar-refractivity contribution in [3.05, 3.63) is 57.8 Å². The zero-order valence-electron chi connectivity index (χ0n) is 17.0. The van der Waals surface area contributed by atoms with Crippen molar-refractivity contribution >= 4 is 23.2 Å². The van der Waals surface area contributed by atoms with Gasteiger partial charge in [0.2, 0.25) is 5.91 Å². The summed E-state index contributed by atoms with van der Waals surface area (Å²) in [5.74, 6) is 0.416.